The molecule has 1 saturated heterocycles. The quantitative estimate of drug-likeness (QED) is 0.909. The van der Waals surface area contributed by atoms with E-state index in [1.807, 2.05) is 26.2 Å². The van der Waals surface area contributed by atoms with E-state index in [0.29, 0.717) is 19.4 Å². The van der Waals surface area contributed by atoms with Crippen LogP contribution in [0.25, 0.3) is 0 Å². The largest absolute Gasteiger partial charge is 0.340 e. The number of carbonyl (C=O) groups excluding carboxylic acids is 2. The van der Waals surface area contributed by atoms with Gasteiger partial charge in [-0.05, 0) is 19.8 Å². The summed E-state index contributed by atoms with van der Waals surface area (Å²) in [4.78, 5) is 30.3. The molecule has 6 heteroatoms. The standard InChI is InChI=1S/C13H19N3O2S/c1-4-13(5-2)12(18)16(7-11(17)15-13)6-10-8-19-9(3)14-10/h8H,4-7H2,1-3H3,(H,15,17). The van der Waals surface area contributed by atoms with Crippen LogP contribution in [-0.2, 0) is 16.1 Å². The maximum atomic E-state index is 12.6. The lowest BCUT2D eigenvalue weighted by atomic mass is 9.89. The summed E-state index contributed by atoms with van der Waals surface area (Å²) in [6.07, 6.45) is 1.22. The van der Waals surface area contributed by atoms with Gasteiger partial charge in [-0.25, -0.2) is 4.98 Å². The molecule has 1 N–H and O–H groups in total. The number of carbonyl (C=O) groups is 2. The van der Waals surface area contributed by atoms with Crippen LogP contribution in [0, 0.1) is 6.92 Å². The number of rotatable bonds is 4. The van der Waals surface area contributed by atoms with Gasteiger partial charge >= 0.3 is 0 Å². The van der Waals surface area contributed by atoms with Gasteiger partial charge in [0.05, 0.1) is 17.2 Å². The summed E-state index contributed by atoms with van der Waals surface area (Å²) in [6.45, 7) is 6.33. The van der Waals surface area contributed by atoms with E-state index in [4.69, 9.17) is 0 Å². The van der Waals surface area contributed by atoms with E-state index in [2.05, 4.69) is 10.3 Å². The summed E-state index contributed by atoms with van der Waals surface area (Å²) in [5.41, 5.74) is 0.118. The first-order chi connectivity index (χ1) is 9.00. The Morgan fingerprint density at radius 1 is 1.42 bits per heavy atom. The number of aryl methyl sites for hydroxylation is 1. The van der Waals surface area contributed by atoms with Crippen LogP contribution in [0.2, 0.25) is 0 Å². The molecule has 2 heterocycles. The monoisotopic (exact) mass is 281 g/mol. The number of nitrogens with one attached hydrogen (secondary N) is 1. The highest BCUT2D eigenvalue weighted by atomic mass is 32.1. The van der Waals surface area contributed by atoms with Gasteiger partial charge in [0.15, 0.2) is 0 Å². The molecular formula is C13H19N3O2S. The maximum absolute atomic E-state index is 12.6. The highest BCUT2D eigenvalue weighted by Crippen LogP contribution is 2.23. The molecule has 0 unspecified atom stereocenters. The molecule has 5 nitrogen and oxygen atoms in total. The Morgan fingerprint density at radius 3 is 2.63 bits per heavy atom. The van der Waals surface area contributed by atoms with Gasteiger partial charge in [-0.1, -0.05) is 13.8 Å². The maximum Gasteiger partial charge on any atom is 0.249 e. The van der Waals surface area contributed by atoms with E-state index < -0.39 is 5.54 Å². The molecule has 1 fully saturated rings. The van der Waals surface area contributed by atoms with Gasteiger partial charge in [-0.15, -0.1) is 11.3 Å². The molecule has 1 aromatic rings. The van der Waals surface area contributed by atoms with E-state index >= 15 is 0 Å². The van der Waals surface area contributed by atoms with Crippen molar-refractivity contribution < 1.29 is 9.59 Å². The third-order valence-electron chi connectivity index (χ3n) is 3.64. The summed E-state index contributed by atoms with van der Waals surface area (Å²) in [6, 6.07) is 0. The molecule has 0 aromatic carbocycles. The topological polar surface area (TPSA) is 62.3 Å². The Hall–Kier alpha value is -1.43. The SMILES string of the molecule is CCC1(CC)NC(=O)CN(Cc2csc(C)n2)C1=O. The minimum atomic E-state index is -0.736. The van der Waals surface area contributed by atoms with Crippen LogP contribution in [0.5, 0.6) is 0 Å². The Kier molecular flexibility index (Phi) is 3.89. The molecule has 0 bridgehead atoms. The zero-order valence-electron chi connectivity index (χ0n) is 11.5. The molecule has 0 spiro atoms. The van der Waals surface area contributed by atoms with Crippen LogP contribution in [0.3, 0.4) is 0 Å². The second-order valence-electron chi connectivity index (χ2n) is 4.86. The molecular weight excluding hydrogens is 262 g/mol. The van der Waals surface area contributed by atoms with E-state index in [0.717, 1.165) is 10.7 Å². The Morgan fingerprint density at radius 2 is 2.11 bits per heavy atom. The van der Waals surface area contributed by atoms with Crippen molar-refractivity contribution in [3.63, 3.8) is 0 Å². The lowest BCUT2D eigenvalue weighted by Crippen LogP contribution is -2.65. The molecule has 1 aromatic heterocycles. The van der Waals surface area contributed by atoms with Crippen molar-refractivity contribution in [2.24, 2.45) is 0 Å². The second kappa shape index (κ2) is 5.28. The number of nitrogens with zero attached hydrogens (tertiary/aromatic N) is 2. The van der Waals surface area contributed by atoms with Crippen molar-refractivity contribution in [2.45, 2.75) is 45.7 Å². The molecule has 0 atom stereocenters. The van der Waals surface area contributed by atoms with E-state index in [1.165, 1.54) is 0 Å². The third-order valence-corrected chi connectivity index (χ3v) is 4.46. The van der Waals surface area contributed by atoms with Crippen LogP contribution in [0.1, 0.15) is 37.4 Å². The number of piperazine rings is 1. The fourth-order valence-electron chi connectivity index (χ4n) is 2.44. The average Bonchev–Trinajstić information content (AvgIpc) is 2.79. The zero-order chi connectivity index (χ0) is 14.0. The van der Waals surface area contributed by atoms with Crippen molar-refractivity contribution in [2.75, 3.05) is 6.54 Å². The lowest BCUT2D eigenvalue weighted by molar-refractivity contribution is -0.151. The minimum Gasteiger partial charge on any atom is -0.340 e. The van der Waals surface area contributed by atoms with Gasteiger partial charge in [0.25, 0.3) is 0 Å². The molecule has 2 rings (SSSR count). The number of thiazole rings is 1. The first-order valence-corrected chi connectivity index (χ1v) is 7.40. The number of hydrogen-bond acceptors (Lipinski definition) is 4. The minimum absolute atomic E-state index is 0.00255. The summed E-state index contributed by atoms with van der Waals surface area (Å²) < 4.78 is 0. The predicted octanol–water partition coefficient (Wildman–Crippen LogP) is 1.47. The van der Waals surface area contributed by atoms with Gasteiger partial charge in [0.2, 0.25) is 11.8 Å². The molecule has 0 radical (unpaired) electrons. The molecule has 19 heavy (non-hydrogen) atoms. The van der Waals surface area contributed by atoms with Gasteiger partial charge in [0, 0.05) is 5.38 Å². The van der Waals surface area contributed by atoms with Gasteiger partial charge in [0.1, 0.15) is 12.1 Å². The van der Waals surface area contributed by atoms with Crippen LogP contribution in [0.15, 0.2) is 5.38 Å². The molecule has 2 amide bonds. The molecule has 0 aliphatic carbocycles. The highest BCUT2D eigenvalue weighted by Gasteiger charge is 2.43. The summed E-state index contributed by atoms with van der Waals surface area (Å²) >= 11 is 1.56. The first kappa shape index (κ1) is 14.0. The average molecular weight is 281 g/mol. The van der Waals surface area contributed by atoms with Crippen molar-refractivity contribution in [1.29, 1.82) is 0 Å². The lowest BCUT2D eigenvalue weighted by Gasteiger charge is -2.40. The smallest absolute Gasteiger partial charge is 0.249 e. The Bertz CT molecular complexity index is 494. The normalized spacial score (nSPS) is 18.6. The third kappa shape index (κ3) is 2.63. The first-order valence-electron chi connectivity index (χ1n) is 6.52. The Balaban J connectivity index is 2.20. The van der Waals surface area contributed by atoms with Crippen molar-refractivity contribution in [3.05, 3.63) is 16.1 Å². The van der Waals surface area contributed by atoms with Crippen LogP contribution in [-0.4, -0.2) is 33.8 Å². The highest BCUT2D eigenvalue weighted by molar-refractivity contribution is 7.09. The summed E-state index contributed by atoms with van der Waals surface area (Å²) in [5, 5.41) is 5.76. The fraction of sp³-hybridized carbons (Fsp3) is 0.615. The molecule has 104 valence electrons. The van der Waals surface area contributed by atoms with E-state index in [1.54, 1.807) is 16.2 Å². The number of hydrogen-bond donors (Lipinski definition) is 1. The van der Waals surface area contributed by atoms with Crippen LogP contribution in [0.4, 0.5) is 0 Å². The summed E-state index contributed by atoms with van der Waals surface area (Å²) in [7, 11) is 0. The number of aromatic nitrogens is 1. The molecule has 1 aliphatic rings. The molecule has 1 aliphatic heterocycles. The fourth-order valence-corrected chi connectivity index (χ4v) is 3.04. The van der Waals surface area contributed by atoms with Gasteiger partial charge in [-0.3, -0.25) is 9.59 Å². The zero-order valence-corrected chi connectivity index (χ0v) is 12.3. The number of amides is 2. The second-order valence-corrected chi connectivity index (χ2v) is 5.92. The van der Waals surface area contributed by atoms with Gasteiger partial charge in [-0.2, -0.15) is 0 Å². The van der Waals surface area contributed by atoms with Crippen molar-refractivity contribution in [3.8, 4) is 0 Å². The van der Waals surface area contributed by atoms with Crippen molar-refractivity contribution in [1.82, 2.24) is 15.2 Å². The van der Waals surface area contributed by atoms with Gasteiger partial charge < -0.3 is 10.2 Å². The molecule has 0 saturated carbocycles. The summed E-state index contributed by atoms with van der Waals surface area (Å²) in [5.74, 6) is -0.0852. The van der Waals surface area contributed by atoms with Crippen LogP contribution >= 0.6 is 11.3 Å². The predicted molar refractivity (Wildman–Crippen MR) is 73.7 cm³/mol. The van der Waals surface area contributed by atoms with Crippen molar-refractivity contribution >= 4 is 23.2 Å². The van der Waals surface area contributed by atoms with E-state index in [-0.39, 0.29) is 18.4 Å². The van der Waals surface area contributed by atoms with E-state index in [9.17, 15) is 9.59 Å². The Labute approximate surface area is 117 Å². The van der Waals surface area contributed by atoms with Crippen LogP contribution < -0.4 is 5.32 Å².